The van der Waals surface area contributed by atoms with Crippen LogP contribution in [0.4, 0.5) is 0 Å². The Kier molecular flexibility index (Phi) is 5.92. The van der Waals surface area contributed by atoms with Crippen molar-refractivity contribution in [1.82, 2.24) is 9.80 Å². The lowest BCUT2D eigenvalue weighted by Crippen LogP contribution is -2.39. The van der Waals surface area contributed by atoms with E-state index in [0.29, 0.717) is 5.41 Å². The fourth-order valence-electron chi connectivity index (χ4n) is 3.67. The minimum atomic E-state index is 0.536. The first kappa shape index (κ1) is 16.3. The molecule has 0 aliphatic carbocycles. The average molecular weight is 280 g/mol. The van der Waals surface area contributed by atoms with Crippen LogP contribution in [0, 0.1) is 17.3 Å². The number of likely N-dealkylation sites (tertiary alicyclic amines) is 2. The van der Waals surface area contributed by atoms with Crippen LogP contribution in [0.3, 0.4) is 0 Å². The predicted molar refractivity (Wildman–Crippen MR) is 88.1 cm³/mol. The molecule has 2 fully saturated rings. The van der Waals surface area contributed by atoms with Crippen molar-refractivity contribution in [3.63, 3.8) is 0 Å². The summed E-state index contributed by atoms with van der Waals surface area (Å²) in [5.41, 5.74) is 0.536. The summed E-state index contributed by atoms with van der Waals surface area (Å²) in [7, 11) is 0. The van der Waals surface area contributed by atoms with E-state index in [-0.39, 0.29) is 0 Å². The summed E-state index contributed by atoms with van der Waals surface area (Å²) in [6.07, 6.45) is 7.04. The van der Waals surface area contributed by atoms with Crippen molar-refractivity contribution < 1.29 is 0 Å². The van der Waals surface area contributed by atoms with Gasteiger partial charge in [0.2, 0.25) is 0 Å². The van der Waals surface area contributed by atoms with E-state index in [4.69, 9.17) is 0 Å². The van der Waals surface area contributed by atoms with Crippen LogP contribution >= 0.6 is 0 Å². The second-order valence-electron chi connectivity index (χ2n) is 8.45. The van der Waals surface area contributed by atoms with Gasteiger partial charge in [0.25, 0.3) is 0 Å². The lowest BCUT2D eigenvalue weighted by atomic mass is 9.79. The van der Waals surface area contributed by atoms with Crippen LogP contribution in [-0.4, -0.2) is 49.1 Å². The molecule has 0 bridgehead atoms. The van der Waals surface area contributed by atoms with Crippen LogP contribution < -0.4 is 0 Å². The normalized spacial score (nSPS) is 25.4. The van der Waals surface area contributed by atoms with Crippen molar-refractivity contribution >= 4 is 0 Å². The fourth-order valence-corrected chi connectivity index (χ4v) is 3.67. The topological polar surface area (TPSA) is 6.48 Å². The van der Waals surface area contributed by atoms with Gasteiger partial charge in [-0.15, -0.1) is 0 Å². The highest BCUT2D eigenvalue weighted by molar-refractivity contribution is 4.83. The van der Waals surface area contributed by atoms with Gasteiger partial charge in [-0.25, -0.2) is 0 Å². The summed E-state index contributed by atoms with van der Waals surface area (Å²) >= 11 is 0. The van der Waals surface area contributed by atoms with Gasteiger partial charge in [-0.1, -0.05) is 27.7 Å². The van der Waals surface area contributed by atoms with Crippen molar-refractivity contribution in [1.29, 1.82) is 0 Å². The molecule has 0 aromatic heterocycles. The van der Waals surface area contributed by atoms with Crippen LogP contribution in [-0.2, 0) is 0 Å². The molecule has 118 valence electrons. The second-order valence-corrected chi connectivity index (χ2v) is 8.45. The van der Waals surface area contributed by atoms with E-state index in [2.05, 4.69) is 37.5 Å². The van der Waals surface area contributed by atoms with Crippen LogP contribution in [0.25, 0.3) is 0 Å². The Labute approximate surface area is 126 Å². The van der Waals surface area contributed by atoms with Crippen LogP contribution in [0.15, 0.2) is 0 Å². The Hall–Kier alpha value is -0.0800. The van der Waals surface area contributed by atoms with E-state index < -0.39 is 0 Å². The van der Waals surface area contributed by atoms with Gasteiger partial charge in [0.05, 0.1) is 0 Å². The predicted octanol–water partition coefficient (Wildman–Crippen LogP) is 3.87. The van der Waals surface area contributed by atoms with Crippen molar-refractivity contribution in [3.05, 3.63) is 0 Å². The average Bonchev–Trinajstić information content (AvgIpc) is 2.71. The molecule has 2 aliphatic heterocycles. The quantitative estimate of drug-likeness (QED) is 0.666. The molecule has 2 saturated heterocycles. The van der Waals surface area contributed by atoms with Crippen molar-refractivity contribution in [2.45, 2.75) is 59.8 Å². The maximum atomic E-state index is 2.70. The highest BCUT2D eigenvalue weighted by Gasteiger charge is 2.29. The van der Waals surface area contributed by atoms with E-state index in [1.807, 2.05) is 0 Å². The summed E-state index contributed by atoms with van der Waals surface area (Å²) in [4.78, 5) is 5.32. The molecule has 0 radical (unpaired) electrons. The number of rotatable bonds is 8. The highest BCUT2D eigenvalue weighted by Crippen LogP contribution is 2.34. The third-order valence-electron chi connectivity index (χ3n) is 5.29. The maximum Gasteiger partial charge on any atom is 0.00103 e. The van der Waals surface area contributed by atoms with E-state index in [0.717, 1.165) is 11.8 Å². The lowest BCUT2D eigenvalue weighted by molar-refractivity contribution is 0.139. The van der Waals surface area contributed by atoms with Gasteiger partial charge in [-0.05, 0) is 82.1 Å². The van der Waals surface area contributed by atoms with Gasteiger partial charge in [-0.3, -0.25) is 0 Å². The van der Waals surface area contributed by atoms with Gasteiger partial charge >= 0.3 is 0 Å². The molecule has 0 aromatic carbocycles. The molecule has 0 amide bonds. The molecule has 2 nitrogen and oxygen atoms in total. The molecule has 1 unspecified atom stereocenters. The van der Waals surface area contributed by atoms with E-state index in [1.165, 1.54) is 71.4 Å². The van der Waals surface area contributed by atoms with Crippen molar-refractivity contribution in [3.8, 4) is 0 Å². The summed E-state index contributed by atoms with van der Waals surface area (Å²) in [5, 5.41) is 0. The zero-order chi connectivity index (χ0) is 14.6. The van der Waals surface area contributed by atoms with Gasteiger partial charge < -0.3 is 9.80 Å². The monoisotopic (exact) mass is 280 g/mol. The Morgan fingerprint density at radius 2 is 1.80 bits per heavy atom. The van der Waals surface area contributed by atoms with Gasteiger partial charge in [0.15, 0.2) is 0 Å². The molecule has 0 saturated carbocycles. The molecule has 2 heteroatoms. The first-order chi connectivity index (χ1) is 9.44. The Balaban J connectivity index is 1.64. The van der Waals surface area contributed by atoms with E-state index in [1.54, 1.807) is 0 Å². The smallest absolute Gasteiger partial charge is 0.00103 e. The summed E-state index contributed by atoms with van der Waals surface area (Å²) in [6, 6.07) is 0. The third kappa shape index (κ3) is 5.37. The van der Waals surface area contributed by atoms with Gasteiger partial charge in [0, 0.05) is 6.54 Å². The first-order valence-electron chi connectivity index (χ1n) is 8.89. The van der Waals surface area contributed by atoms with Crippen LogP contribution in [0.5, 0.6) is 0 Å². The molecule has 2 rings (SSSR count). The summed E-state index contributed by atoms with van der Waals surface area (Å²) in [6.45, 7) is 17.7. The zero-order valence-electron chi connectivity index (χ0n) is 14.3. The molecule has 20 heavy (non-hydrogen) atoms. The SMILES string of the molecule is CC(C)CCN1CCC(CC(C)(C)CCN2CCC2)C1. The number of hydrogen-bond donors (Lipinski definition) is 0. The third-order valence-corrected chi connectivity index (χ3v) is 5.29. The Morgan fingerprint density at radius 3 is 2.40 bits per heavy atom. The van der Waals surface area contributed by atoms with Crippen LogP contribution in [0.1, 0.15) is 59.8 Å². The van der Waals surface area contributed by atoms with E-state index in [9.17, 15) is 0 Å². The lowest BCUT2D eigenvalue weighted by Gasteiger charge is -2.35. The van der Waals surface area contributed by atoms with E-state index >= 15 is 0 Å². The van der Waals surface area contributed by atoms with Gasteiger partial charge in [0.1, 0.15) is 0 Å². The van der Waals surface area contributed by atoms with Gasteiger partial charge in [-0.2, -0.15) is 0 Å². The molecule has 1 atom stereocenters. The minimum Gasteiger partial charge on any atom is -0.303 e. The maximum absolute atomic E-state index is 2.70. The molecule has 2 heterocycles. The number of nitrogens with zero attached hydrogens (tertiary/aromatic N) is 2. The second kappa shape index (κ2) is 7.26. The summed E-state index contributed by atoms with van der Waals surface area (Å²) < 4.78 is 0. The summed E-state index contributed by atoms with van der Waals surface area (Å²) in [5.74, 6) is 1.80. The molecule has 0 spiro atoms. The minimum absolute atomic E-state index is 0.536. The fraction of sp³-hybridized carbons (Fsp3) is 1.00. The highest BCUT2D eigenvalue weighted by atomic mass is 15.2. The largest absolute Gasteiger partial charge is 0.303 e. The van der Waals surface area contributed by atoms with Crippen molar-refractivity contribution in [2.75, 3.05) is 39.3 Å². The Bertz CT molecular complexity index is 281. The standard InChI is InChI=1S/C18H36N2/c1-16(2)6-11-20-12-7-17(15-20)14-18(3,4)8-13-19-9-5-10-19/h16-17H,5-15H2,1-4H3. The Morgan fingerprint density at radius 1 is 1.05 bits per heavy atom. The molecule has 0 aromatic rings. The zero-order valence-corrected chi connectivity index (χ0v) is 14.3. The van der Waals surface area contributed by atoms with Crippen LogP contribution in [0.2, 0.25) is 0 Å². The molecular weight excluding hydrogens is 244 g/mol. The molecular formula is C18H36N2. The molecule has 0 N–H and O–H groups in total. The number of hydrogen-bond acceptors (Lipinski definition) is 2. The molecule has 2 aliphatic rings. The first-order valence-corrected chi connectivity index (χ1v) is 8.89. The van der Waals surface area contributed by atoms with Crippen molar-refractivity contribution in [2.24, 2.45) is 17.3 Å².